The van der Waals surface area contributed by atoms with Gasteiger partial charge in [0.05, 0.1) is 17.5 Å². The van der Waals surface area contributed by atoms with Gasteiger partial charge in [-0.05, 0) is 62.9 Å². The van der Waals surface area contributed by atoms with E-state index in [1.807, 2.05) is 26.0 Å². The molecule has 0 bridgehead atoms. The number of aryl methyl sites for hydroxylation is 1. The van der Waals surface area contributed by atoms with Crippen LogP contribution in [0, 0.1) is 13.8 Å². The predicted molar refractivity (Wildman–Crippen MR) is 119 cm³/mol. The number of sulfonamides is 1. The van der Waals surface area contributed by atoms with Crippen molar-refractivity contribution < 1.29 is 22.7 Å². The Morgan fingerprint density at radius 1 is 1.13 bits per heavy atom. The van der Waals surface area contributed by atoms with Crippen LogP contribution in [0.4, 0.5) is 5.69 Å². The first-order valence-corrected chi connectivity index (χ1v) is 11.7. The number of amides is 1. The molecule has 1 heterocycles. The van der Waals surface area contributed by atoms with Crippen molar-refractivity contribution in [1.29, 1.82) is 0 Å². The van der Waals surface area contributed by atoms with Crippen LogP contribution >= 0.6 is 0 Å². The minimum absolute atomic E-state index is 0.0371. The zero-order valence-corrected chi connectivity index (χ0v) is 18.9. The Morgan fingerprint density at radius 3 is 2.45 bits per heavy atom. The van der Waals surface area contributed by atoms with Gasteiger partial charge in [-0.1, -0.05) is 24.3 Å². The quantitative estimate of drug-likeness (QED) is 0.631. The lowest BCUT2D eigenvalue weighted by atomic mass is 10.1. The normalized spacial score (nSPS) is 16.5. The number of Topliss-reactive ketones (excluding diaryl/α,β-unsaturated/α-hetero) is 1. The van der Waals surface area contributed by atoms with Crippen LogP contribution in [0.25, 0.3) is 0 Å². The molecule has 0 spiro atoms. The largest absolute Gasteiger partial charge is 0.377 e. The van der Waals surface area contributed by atoms with Crippen LogP contribution in [0.5, 0.6) is 0 Å². The summed E-state index contributed by atoms with van der Waals surface area (Å²) in [6, 6.07) is 11.3. The van der Waals surface area contributed by atoms with E-state index in [0.717, 1.165) is 28.3 Å². The van der Waals surface area contributed by atoms with Gasteiger partial charge in [0.1, 0.15) is 0 Å². The van der Waals surface area contributed by atoms with Gasteiger partial charge in [-0.2, -0.15) is 4.31 Å². The van der Waals surface area contributed by atoms with E-state index in [-0.39, 0.29) is 29.9 Å². The van der Waals surface area contributed by atoms with Gasteiger partial charge in [0.2, 0.25) is 15.9 Å². The van der Waals surface area contributed by atoms with E-state index in [2.05, 4.69) is 5.32 Å². The second-order valence-corrected chi connectivity index (χ2v) is 9.75. The number of ketones is 1. The Labute approximate surface area is 183 Å². The molecule has 7 nitrogen and oxygen atoms in total. The van der Waals surface area contributed by atoms with Crippen molar-refractivity contribution >= 4 is 27.4 Å². The molecule has 2 aromatic rings. The summed E-state index contributed by atoms with van der Waals surface area (Å²) in [5.74, 6) is -0.566. The van der Waals surface area contributed by atoms with Crippen LogP contribution in [0.2, 0.25) is 0 Å². The maximum Gasteiger partial charge on any atom is 0.243 e. The Morgan fingerprint density at radius 2 is 1.84 bits per heavy atom. The molecule has 1 N–H and O–H groups in total. The van der Waals surface area contributed by atoms with Crippen LogP contribution in [0.1, 0.15) is 41.3 Å². The molecule has 2 aromatic carbocycles. The van der Waals surface area contributed by atoms with Crippen molar-refractivity contribution in [3.63, 3.8) is 0 Å². The maximum atomic E-state index is 13.3. The highest BCUT2D eigenvalue weighted by Gasteiger charge is 2.31. The van der Waals surface area contributed by atoms with Crippen molar-refractivity contribution in [3.8, 4) is 0 Å². The molecule has 0 aliphatic carbocycles. The number of ether oxygens (including phenoxy) is 1. The van der Waals surface area contributed by atoms with Gasteiger partial charge in [0.15, 0.2) is 5.78 Å². The molecule has 0 radical (unpaired) electrons. The van der Waals surface area contributed by atoms with E-state index >= 15 is 0 Å². The van der Waals surface area contributed by atoms with Crippen molar-refractivity contribution in [2.45, 2.75) is 44.6 Å². The van der Waals surface area contributed by atoms with Crippen LogP contribution in [0.15, 0.2) is 47.4 Å². The van der Waals surface area contributed by atoms with Crippen molar-refractivity contribution in [2.75, 3.05) is 25.0 Å². The van der Waals surface area contributed by atoms with Gasteiger partial charge < -0.3 is 10.1 Å². The van der Waals surface area contributed by atoms with E-state index in [9.17, 15) is 18.0 Å². The molecule has 1 aliphatic heterocycles. The summed E-state index contributed by atoms with van der Waals surface area (Å²) in [7, 11) is -3.96. The van der Waals surface area contributed by atoms with Gasteiger partial charge in [-0.3, -0.25) is 9.59 Å². The van der Waals surface area contributed by atoms with Crippen LogP contribution in [-0.2, 0) is 19.6 Å². The molecule has 8 heteroatoms. The third kappa shape index (κ3) is 5.58. The average Bonchev–Trinajstić information content (AvgIpc) is 3.24. The standard InChI is InChI=1S/C23H28N2O5S/c1-16-6-4-8-22(17(16)2)24-23(27)15-25(14-20-7-5-13-30-20)31(28,29)21-11-9-19(10-12-21)18(3)26/h4,6,8-12,20H,5,7,13-15H2,1-3H3,(H,24,27). The van der Waals surface area contributed by atoms with Gasteiger partial charge in [0, 0.05) is 24.4 Å². The monoisotopic (exact) mass is 444 g/mol. The van der Waals surface area contributed by atoms with Crippen molar-refractivity contribution in [3.05, 3.63) is 59.2 Å². The fourth-order valence-electron chi connectivity index (χ4n) is 3.51. The van der Waals surface area contributed by atoms with Gasteiger partial charge >= 0.3 is 0 Å². The van der Waals surface area contributed by atoms with E-state index in [0.29, 0.717) is 17.9 Å². The van der Waals surface area contributed by atoms with Gasteiger partial charge in [-0.25, -0.2) is 8.42 Å². The summed E-state index contributed by atoms with van der Waals surface area (Å²) < 4.78 is 33.4. The van der Waals surface area contributed by atoms with Gasteiger partial charge in [-0.15, -0.1) is 0 Å². The minimum atomic E-state index is -3.96. The Hall–Kier alpha value is -2.55. The lowest BCUT2D eigenvalue weighted by Crippen LogP contribution is -2.42. The van der Waals surface area contributed by atoms with E-state index in [1.54, 1.807) is 6.07 Å². The molecule has 0 aromatic heterocycles. The molecule has 1 unspecified atom stereocenters. The predicted octanol–water partition coefficient (Wildman–Crippen LogP) is 3.31. The number of hydrogen-bond acceptors (Lipinski definition) is 5. The first-order chi connectivity index (χ1) is 14.7. The maximum absolute atomic E-state index is 13.3. The summed E-state index contributed by atoms with van der Waals surface area (Å²) in [5, 5.41) is 2.82. The number of benzene rings is 2. The molecule has 166 valence electrons. The summed E-state index contributed by atoms with van der Waals surface area (Å²) >= 11 is 0. The molecule has 0 saturated carbocycles. The first kappa shape index (κ1) is 23.1. The fourth-order valence-corrected chi connectivity index (χ4v) is 4.94. The summed E-state index contributed by atoms with van der Waals surface area (Å²) in [5.41, 5.74) is 3.05. The summed E-state index contributed by atoms with van der Waals surface area (Å²) in [6.07, 6.45) is 1.36. The van der Waals surface area contributed by atoms with Crippen molar-refractivity contribution in [1.82, 2.24) is 4.31 Å². The average molecular weight is 445 g/mol. The highest BCUT2D eigenvalue weighted by atomic mass is 32.2. The molecule has 31 heavy (non-hydrogen) atoms. The number of carbonyl (C=O) groups is 2. The lowest BCUT2D eigenvalue weighted by molar-refractivity contribution is -0.116. The SMILES string of the molecule is CC(=O)c1ccc(S(=O)(=O)N(CC(=O)Nc2cccc(C)c2C)CC2CCCO2)cc1. The number of carbonyl (C=O) groups excluding carboxylic acids is 2. The number of nitrogens with zero attached hydrogens (tertiary/aromatic N) is 1. The zero-order valence-electron chi connectivity index (χ0n) is 18.1. The highest BCUT2D eigenvalue weighted by Crippen LogP contribution is 2.22. The van der Waals surface area contributed by atoms with E-state index < -0.39 is 15.9 Å². The van der Waals surface area contributed by atoms with E-state index in [1.165, 1.54) is 31.2 Å². The number of nitrogens with one attached hydrogen (secondary N) is 1. The van der Waals surface area contributed by atoms with Crippen LogP contribution in [-0.4, -0.2) is 50.2 Å². The Kier molecular flexibility index (Phi) is 7.25. The zero-order chi connectivity index (χ0) is 22.6. The van der Waals surface area contributed by atoms with Gasteiger partial charge in [0.25, 0.3) is 0 Å². The van der Waals surface area contributed by atoms with Crippen molar-refractivity contribution in [2.24, 2.45) is 0 Å². The third-order valence-corrected chi connectivity index (χ3v) is 7.35. The molecular weight excluding hydrogens is 416 g/mol. The molecule has 1 amide bonds. The highest BCUT2D eigenvalue weighted by molar-refractivity contribution is 7.89. The smallest absolute Gasteiger partial charge is 0.243 e. The van der Waals surface area contributed by atoms with Crippen LogP contribution < -0.4 is 5.32 Å². The molecule has 1 saturated heterocycles. The Balaban J connectivity index is 1.83. The van der Waals surface area contributed by atoms with Crippen LogP contribution in [0.3, 0.4) is 0 Å². The fraction of sp³-hybridized carbons (Fsp3) is 0.391. The summed E-state index contributed by atoms with van der Waals surface area (Å²) in [6.45, 7) is 5.62. The first-order valence-electron chi connectivity index (χ1n) is 10.3. The number of rotatable bonds is 8. The molecule has 3 rings (SSSR count). The summed E-state index contributed by atoms with van der Waals surface area (Å²) in [4.78, 5) is 24.3. The Bertz CT molecular complexity index is 1060. The minimum Gasteiger partial charge on any atom is -0.377 e. The number of anilines is 1. The molecule has 1 atom stereocenters. The molecule has 1 aliphatic rings. The molecule has 1 fully saturated rings. The second kappa shape index (κ2) is 9.72. The van der Waals surface area contributed by atoms with E-state index in [4.69, 9.17) is 4.74 Å². The topological polar surface area (TPSA) is 92.8 Å². The third-order valence-electron chi connectivity index (χ3n) is 5.53. The lowest BCUT2D eigenvalue weighted by Gasteiger charge is -2.24. The second-order valence-electron chi connectivity index (χ2n) is 7.81. The molecular formula is C23H28N2O5S. The number of hydrogen-bond donors (Lipinski definition) is 1.